The van der Waals surface area contributed by atoms with Crippen molar-refractivity contribution in [2.45, 2.75) is 136 Å². The molecular weight excluding hydrogens is 1190 g/mol. The maximum Gasteiger partial charge on any atom is 0.126 e. The van der Waals surface area contributed by atoms with Crippen LogP contribution in [0.25, 0.3) is 26.6 Å². The first kappa shape index (κ1) is 69.5. The molecule has 7 aromatic rings. The summed E-state index contributed by atoms with van der Waals surface area (Å²) < 4.78 is 43.8. The van der Waals surface area contributed by atoms with Crippen LogP contribution in [0.4, 0.5) is 11.4 Å². The molecule has 0 unspecified atom stereocenters. The van der Waals surface area contributed by atoms with Crippen LogP contribution in [0.15, 0.2) is 89.2 Å². The van der Waals surface area contributed by atoms with Crippen molar-refractivity contribution in [2.75, 3.05) is 107 Å². The van der Waals surface area contributed by atoms with E-state index in [0.717, 1.165) is 176 Å². The van der Waals surface area contributed by atoms with Crippen LogP contribution in [-0.2, 0) is 61.2 Å². The summed E-state index contributed by atoms with van der Waals surface area (Å²) in [6.45, 7) is 28.4. The lowest BCUT2D eigenvalue weighted by molar-refractivity contribution is 0.253. The third-order valence-corrected chi connectivity index (χ3v) is 18.4. The van der Waals surface area contributed by atoms with Gasteiger partial charge in [-0.25, -0.2) is 4.68 Å². The smallest absolute Gasteiger partial charge is 0.126 e. The van der Waals surface area contributed by atoms with E-state index in [0.29, 0.717) is 107 Å². The van der Waals surface area contributed by atoms with Crippen LogP contribution >= 0.6 is 0 Å². The molecule has 0 radical (unpaired) electrons. The van der Waals surface area contributed by atoms with E-state index in [2.05, 4.69) is 157 Å². The predicted molar refractivity (Wildman–Crippen MR) is 377 cm³/mol. The molecule has 6 aromatic carbocycles. The highest BCUT2D eigenvalue weighted by Crippen LogP contribution is 2.46. The zero-order valence-corrected chi connectivity index (χ0v) is 58.1. The second kappa shape index (κ2) is 31.0. The average Bonchev–Trinajstić information content (AvgIpc) is 1.30. The average molecular weight is 1290 g/mol. The molecule has 0 atom stereocenters. The maximum atomic E-state index is 10.2. The SMILES string of the molecule is COc1c2cc(N=[N+]=[N-])cc1Cc1cc(C(C)(C)C)cc3c1OCCNCCN1CCNCCOc4c(cc(C(C)(C)C)cc4Cc4cc(N=[N+]=[N-])cc(c4OC)Cc4cc(C(C)(C)C)cc(c4OCCNCC1)Cc1cc(-n4nncc4CCCCN)cc(c1OC)C3)C2. The Morgan fingerprint density at radius 1 is 0.474 bits per heavy atom. The van der Waals surface area contributed by atoms with Gasteiger partial charge in [-0.3, -0.25) is 4.90 Å². The Bertz CT molecular complexity index is 3750. The van der Waals surface area contributed by atoms with Gasteiger partial charge in [0.05, 0.1) is 38.9 Å². The molecule has 20 heteroatoms. The number of methoxy groups -OCH3 is 3. The van der Waals surface area contributed by atoms with Crippen molar-refractivity contribution in [3.8, 4) is 40.2 Å². The van der Waals surface area contributed by atoms with E-state index < -0.39 is 0 Å². The Kier molecular flexibility index (Phi) is 22.7. The molecule has 1 aromatic heterocycles. The molecule has 504 valence electrons. The fraction of sp³-hybridized carbons (Fsp3) is 0.493. The summed E-state index contributed by atoms with van der Waals surface area (Å²) in [7, 11) is 5.18. The summed E-state index contributed by atoms with van der Waals surface area (Å²) in [5.41, 5.74) is 42.5. The van der Waals surface area contributed by atoms with E-state index in [4.69, 9.17) is 39.4 Å². The number of benzene rings is 6. The van der Waals surface area contributed by atoms with Crippen molar-refractivity contribution >= 4 is 11.4 Å². The first-order valence-corrected chi connectivity index (χ1v) is 33.7. The largest absolute Gasteiger partial charge is 0.496 e. The molecule has 0 spiro atoms. The van der Waals surface area contributed by atoms with Gasteiger partial charge in [-0.15, -0.1) is 5.10 Å². The highest BCUT2D eigenvalue weighted by atomic mass is 16.5. The number of ether oxygens (including phenoxy) is 6. The molecular formula is C75H98N14O6. The maximum absolute atomic E-state index is 10.2. The van der Waals surface area contributed by atoms with Crippen molar-refractivity contribution in [1.82, 2.24) is 35.8 Å². The van der Waals surface area contributed by atoms with E-state index in [1.54, 1.807) is 21.3 Å². The van der Waals surface area contributed by atoms with Crippen LogP contribution in [-0.4, -0.2) is 126 Å². The lowest BCUT2D eigenvalue weighted by atomic mass is 9.81. The van der Waals surface area contributed by atoms with Gasteiger partial charge in [0.25, 0.3) is 0 Å². The highest BCUT2D eigenvalue weighted by Gasteiger charge is 2.30. The molecule has 10 rings (SSSR count). The standard InChI is InChI=1S/C75H98N14O6/c1-73(2,3)60-35-48-29-54-41-63(83-85-77)43-56(67(54)90-10)31-50-37-61(74(4,5)6)39-52-33-58-45-66(89-65(47-82-87-89)15-13-14-16-76)46-59(69(58)92-12)34-53-40-62(75(7,8)9)38-51-32-57-44-64(84-86-78)42-55(68(57)91-11)30-49(36-60)70(48)93-26-20-79-17-23-88(24-18-80-21-27-94-71(50)52)25-19-81-22-28-95-72(51)53/h35-47,79-81H,13-34,76H2,1-12H3. The quantitative estimate of drug-likeness (QED) is 0.0431. The molecule has 0 amide bonds. The number of nitrogens with one attached hydrogen (secondary N) is 3. The highest BCUT2D eigenvalue weighted by molar-refractivity contribution is 5.64. The zero-order chi connectivity index (χ0) is 67.4. The third kappa shape index (κ3) is 17.0. The summed E-state index contributed by atoms with van der Waals surface area (Å²) >= 11 is 0. The lowest BCUT2D eigenvalue weighted by Gasteiger charge is -2.27. The van der Waals surface area contributed by atoms with Crippen LogP contribution in [0, 0.1) is 0 Å². The van der Waals surface area contributed by atoms with Crippen molar-refractivity contribution in [2.24, 2.45) is 16.0 Å². The van der Waals surface area contributed by atoms with Gasteiger partial charge < -0.3 is 50.1 Å². The molecule has 95 heavy (non-hydrogen) atoms. The number of nitrogens with two attached hydrogens (primary N) is 1. The van der Waals surface area contributed by atoms with Crippen LogP contribution in [0.1, 0.15) is 164 Å². The Hall–Kier alpha value is -8.32. The summed E-state index contributed by atoms with van der Waals surface area (Å²) in [5.74, 6) is 4.28. The molecule has 10 bridgehead atoms. The van der Waals surface area contributed by atoms with Crippen molar-refractivity contribution in [1.29, 1.82) is 0 Å². The van der Waals surface area contributed by atoms with E-state index in [9.17, 15) is 11.1 Å². The molecule has 3 aliphatic heterocycles. The van der Waals surface area contributed by atoms with Crippen molar-refractivity contribution in [3.05, 3.63) is 189 Å². The van der Waals surface area contributed by atoms with Crippen molar-refractivity contribution in [3.63, 3.8) is 0 Å². The normalized spacial score (nSPS) is 16.1. The van der Waals surface area contributed by atoms with Gasteiger partial charge in [0.15, 0.2) is 0 Å². The van der Waals surface area contributed by atoms with Crippen LogP contribution in [0.3, 0.4) is 0 Å². The number of fused-ring (bicyclic) bond motifs is 21. The first-order chi connectivity index (χ1) is 45.7. The number of nitrogens with zero attached hydrogens (tertiary/aromatic N) is 10. The summed E-state index contributed by atoms with van der Waals surface area (Å²) in [4.78, 5) is 9.24. The number of aryl methyl sites for hydroxylation is 1. The van der Waals surface area contributed by atoms with E-state index in [1.165, 1.54) is 0 Å². The summed E-state index contributed by atoms with van der Waals surface area (Å²) in [6, 6.07) is 25.8. The molecule has 0 saturated heterocycles. The van der Waals surface area contributed by atoms with Gasteiger partial charge in [0.2, 0.25) is 0 Å². The van der Waals surface area contributed by atoms with Gasteiger partial charge in [0, 0.05) is 130 Å². The second-order valence-electron chi connectivity index (χ2n) is 28.5. The Morgan fingerprint density at radius 2 is 0.800 bits per heavy atom. The van der Waals surface area contributed by atoms with Crippen LogP contribution in [0.5, 0.6) is 34.5 Å². The topological polar surface area (TPSA) is 249 Å². The van der Waals surface area contributed by atoms with Crippen molar-refractivity contribution < 1.29 is 28.4 Å². The molecule has 3 aliphatic rings. The number of rotatable bonds is 10. The van der Waals surface area contributed by atoms with Crippen LogP contribution in [0.2, 0.25) is 0 Å². The Morgan fingerprint density at radius 3 is 1.09 bits per heavy atom. The number of unbranched alkanes of at least 4 members (excludes halogenated alkanes) is 1. The fourth-order valence-electron chi connectivity index (χ4n) is 13.5. The molecule has 4 heterocycles. The minimum Gasteiger partial charge on any atom is -0.496 e. The first-order valence-electron chi connectivity index (χ1n) is 33.7. The second-order valence-corrected chi connectivity index (χ2v) is 28.5. The van der Waals surface area contributed by atoms with Gasteiger partial charge in [-0.1, -0.05) is 114 Å². The van der Waals surface area contributed by atoms with E-state index in [-0.39, 0.29) is 16.2 Å². The Balaban J connectivity index is 1.35. The lowest BCUT2D eigenvalue weighted by Crippen LogP contribution is -2.42. The molecule has 0 saturated carbocycles. The molecule has 0 aliphatic carbocycles. The van der Waals surface area contributed by atoms with E-state index in [1.807, 2.05) is 35.1 Å². The fourth-order valence-corrected chi connectivity index (χ4v) is 13.5. The minimum atomic E-state index is -0.313. The number of azide groups is 2. The van der Waals surface area contributed by atoms with E-state index >= 15 is 0 Å². The Labute approximate surface area is 561 Å². The van der Waals surface area contributed by atoms with Gasteiger partial charge in [-0.2, -0.15) is 0 Å². The number of hydrogen-bond donors (Lipinski definition) is 4. The minimum absolute atomic E-state index is 0.306. The number of hydrogen-bond acceptors (Lipinski definition) is 15. The zero-order valence-electron chi connectivity index (χ0n) is 58.1. The summed E-state index contributed by atoms with van der Waals surface area (Å²) in [6.07, 6.45) is 6.58. The number of aromatic nitrogens is 3. The van der Waals surface area contributed by atoms with Gasteiger partial charge in [0.1, 0.15) is 54.3 Å². The summed E-state index contributed by atoms with van der Waals surface area (Å²) in [5, 5.41) is 29.2. The molecule has 20 nitrogen and oxygen atoms in total. The molecule has 0 fully saturated rings. The monoisotopic (exact) mass is 1290 g/mol. The molecule has 5 N–H and O–H groups in total. The van der Waals surface area contributed by atoms with Crippen LogP contribution < -0.4 is 50.1 Å². The van der Waals surface area contributed by atoms with Gasteiger partial charge in [-0.05, 0) is 162 Å². The third-order valence-electron chi connectivity index (χ3n) is 18.4. The predicted octanol–water partition coefficient (Wildman–Crippen LogP) is 13.4. The van der Waals surface area contributed by atoms with Gasteiger partial charge >= 0.3 is 0 Å².